The van der Waals surface area contributed by atoms with Gasteiger partial charge in [-0.3, -0.25) is 59.8 Å². The van der Waals surface area contributed by atoms with E-state index in [2.05, 4.69) is 67.0 Å². The minimum atomic E-state index is -4.67. The number of carboxylic acids is 1. The van der Waals surface area contributed by atoms with E-state index in [1.54, 1.807) is 20.8 Å². The number of H-pyrrole nitrogens is 3. The monoisotopic (exact) mass is 1060 g/mol. The molecule has 0 bridgehead atoms. The van der Waals surface area contributed by atoms with Gasteiger partial charge in [-0.25, -0.2) is 5.43 Å². The normalized spacial score (nSPS) is 7.48. The molecule has 0 saturated heterocycles. The van der Waals surface area contributed by atoms with Crippen LogP contribution in [0.4, 0.5) is 17.8 Å². The summed E-state index contributed by atoms with van der Waals surface area (Å²) in [5.74, 6) is 1.73. The molecule has 0 aliphatic heterocycles. The van der Waals surface area contributed by atoms with E-state index in [0.717, 1.165) is 31.5 Å². The second-order valence-corrected chi connectivity index (χ2v) is 10.8. The molecule has 1 amide bonds. The Morgan fingerprint density at radius 3 is 0.870 bits per heavy atom. The van der Waals surface area contributed by atoms with E-state index in [4.69, 9.17) is 112 Å². The molecule has 69 heavy (non-hydrogen) atoms. The number of nitrogens with two attached hydrogens (primary N) is 11. The number of amidine groups is 3. The van der Waals surface area contributed by atoms with Gasteiger partial charge in [0, 0.05) is 27.7 Å². The number of methoxy groups -OCH3 is 1. The first-order valence-electron chi connectivity index (χ1n) is 15.9. The summed E-state index contributed by atoms with van der Waals surface area (Å²) in [6, 6.07) is 0. The molecule has 3 heterocycles. The zero-order valence-corrected chi connectivity index (χ0v) is 41.1. The zero-order valence-electron chi connectivity index (χ0n) is 37.5. The number of hydrogen-bond donors (Lipinski definition) is 21. The summed E-state index contributed by atoms with van der Waals surface area (Å²) in [5, 5.41) is 56.1. The summed E-state index contributed by atoms with van der Waals surface area (Å²) in [7, 11) is -2.57. The Morgan fingerprint density at radius 2 is 0.841 bits per heavy atom. The predicted molar refractivity (Wildman–Crippen MR) is 264 cm³/mol. The van der Waals surface area contributed by atoms with Gasteiger partial charge < -0.3 is 78.0 Å². The minimum Gasteiger partial charge on any atom is -0.857 e. The molecule has 3 aromatic heterocycles. The molecule has 0 atom stereocenters. The Labute approximate surface area is 430 Å². The molecule has 0 fully saturated rings. The summed E-state index contributed by atoms with van der Waals surface area (Å²) >= 11 is 4.64. The Hall–Kier alpha value is -6.42. The van der Waals surface area contributed by atoms with Gasteiger partial charge in [0.15, 0.2) is 0 Å². The van der Waals surface area contributed by atoms with E-state index >= 15 is 0 Å². The van der Waals surface area contributed by atoms with Crippen LogP contribution in [0.5, 0.6) is 0 Å². The standard InChI is InChI=1S/C3H8N4O.3C3H6N4.C3H6O2.C2H3ClO.3C2H7N3.C2H4O2.CH3O.4CH4.Na.H2O4S/c1-2(8)6-7-3(4)5;3*1-2-5-3(4)7-6-2;1-3(4)5-2;1-2(3)4;3*3-1-2(4)5;1-2(3)4;1-2;;;;;;1-5(2,3)4/h1H3,(H,6,8)(H4,4,5,7);3*1H3,(H3,4,5,6,7);1-2H3;1H3;3*1,3H2,(H3,4,5);1H3,(H,3,4);1H3;4*1H4;;(H2,1,2,3,4)/q;;;;;;;;;;-1;;;;;+1;. The summed E-state index contributed by atoms with van der Waals surface area (Å²) in [4.78, 5) is 49.0. The van der Waals surface area contributed by atoms with Gasteiger partial charge in [0.05, 0.1) is 26.7 Å². The number of ether oxygens (including phenoxy) is 1. The molecule has 0 radical (unpaired) electrons. The van der Waals surface area contributed by atoms with Crippen molar-refractivity contribution in [2.45, 2.75) is 78.2 Å². The number of esters is 1. The van der Waals surface area contributed by atoms with Gasteiger partial charge in [-0.2, -0.15) is 30.5 Å². The molecule has 0 saturated carbocycles. The zero-order chi connectivity index (χ0) is 53.2. The van der Waals surface area contributed by atoms with Crippen molar-refractivity contribution in [1.82, 2.24) is 51.0 Å². The molecule has 36 nitrogen and oxygen atoms in total. The first kappa shape index (κ1) is 101. The fourth-order valence-electron chi connectivity index (χ4n) is 1.22. The SMILES string of the molecule is C.C.C.C.CC(=O)Cl.CC(=O)NN=C(N)N.CC(=O)O.COC(C)=O.C[O-].Cc1nc(N)n[nH]1.Cc1nc(N)n[nH]1.Cc1nc(N)n[nH]1.N=C(N)CN.N=C(N)CN.N=C(N)CN.O=S(=O)(O)O.[Na+]. The number of amides is 1. The average Bonchev–Trinajstić information content (AvgIpc) is 3.87. The maximum atomic E-state index is 10.0. The summed E-state index contributed by atoms with van der Waals surface area (Å²) < 4.78 is 35.7. The third-order valence-corrected chi connectivity index (χ3v) is 3.13. The number of nitrogens with one attached hydrogen (secondary N) is 7. The number of nitrogen functional groups attached to an aromatic ring is 3. The van der Waals surface area contributed by atoms with Gasteiger partial charge in [0.25, 0.3) is 5.97 Å². The number of guanidine groups is 1. The average molecular weight is 1060 g/mol. The van der Waals surface area contributed by atoms with Crippen LogP contribution in [0.25, 0.3) is 0 Å². The van der Waals surface area contributed by atoms with E-state index < -0.39 is 16.4 Å². The second kappa shape index (κ2) is 70.6. The largest absolute Gasteiger partial charge is 1.00 e. The molecule has 406 valence electrons. The van der Waals surface area contributed by atoms with E-state index in [9.17, 15) is 14.4 Å². The quantitative estimate of drug-likeness (QED) is 0.0220. The van der Waals surface area contributed by atoms with Gasteiger partial charge in [-0.05, 0) is 32.4 Å². The van der Waals surface area contributed by atoms with Crippen LogP contribution < -0.4 is 103 Å². The molecule has 32 N–H and O–H groups in total. The third kappa shape index (κ3) is 194. The van der Waals surface area contributed by atoms with E-state index in [-0.39, 0.29) is 119 Å². The molecule has 3 aromatic rings. The summed E-state index contributed by atoms with van der Waals surface area (Å²) in [6.07, 6.45) is 0. The second-order valence-electron chi connectivity index (χ2n) is 9.36. The fourth-order valence-corrected chi connectivity index (χ4v) is 1.22. The number of nitrogens with zero attached hydrogens (tertiary/aromatic N) is 7. The van der Waals surface area contributed by atoms with Crippen LogP contribution in [0.3, 0.4) is 0 Å². The number of anilines is 3. The van der Waals surface area contributed by atoms with Crippen molar-refractivity contribution in [1.29, 1.82) is 16.2 Å². The van der Waals surface area contributed by atoms with Gasteiger partial charge in [-0.1, -0.05) is 29.7 Å². The third-order valence-electron chi connectivity index (χ3n) is 3.13. The molecule has 0 aliphatic carbocycles. The fraction of sp³-hybridized carbons (Fsp3) is 0.533. The number of aromatic nitrogens is 9. The van der Waals surface area contributed by atoms with Gasteiger partial charge in [0.1, 0.15) is 35.0 Å². The topological polar surface area (TPSA) is 702 Å². The number of aryl methyl sites for hydroxylation is 3. The Bertz CT molecular complexity index is 1570. The number of rotatable bonds is 4. The van der Waals surface area contributed by atoms with Crippen LogP contribution in [0.15, 0.2) is 5.10 Å². The molecular weight excluding hydrogens is 977 g/mol. The number of hydrogen-bond acceptors (Lipinski definition) is 24. The maximum Gasteiger partial charge on any atom is 1.00 e. The maximum absolute atomic E-state index is 10.0. The number of halogens is 1. The van der Waals surface area contributed by atoms with Gasteiger partial charge in [-0.15, -0.1) is 20.4 Å². The van der Waals surface area contributed by atoms with Crippen LogP contribution in [0.1, 0.15) is 74.9 Å². The molecule has 0 unspecified atom stereocenters. The van der Waals surface area contributed by atoms with Crippen LogP contribution in [0, 0.1) is 37.0 Å². The van der Waals surface area contributed by atoms with Crippen molar-refractivity contribution >= 4 is 86.4 Å². The number of carbonyl (C=O) groups is 4. The number of carboxylic acid groups (broad SMARTS) is 1. The summed E-state index contributed by atoms with van der Waals surface area (Å²) in [6.45, 7) is 10.9. The minimum absolute atomic E-state index is 0. The Kier molecular flexibility index (Phi) is 103. The van der Waals surface area contributed by atoms with E-state index in [1.807, 2.05) is 5.43 Å². The predicted octanol–water partition coefficient (Wildman–Crippen LogP) is -7.05. The Balaban J connectivity index is -0.0000000400. The molecule has 39 heteroatoms. The van der Waals surface area contributed by atoms with E-state index in [1.165, 1.54) is 27.9 Å². The first-order valence-corrected chi connectivity index (χ1v) is 17.7. The van der Waals surface area contributed by atoms with Crippen molar-refractivity contribution in [3.05, 3.63) is 17.5 Å². The number of carbonyl (C=O) groups excluding carboxylic acids is 3. The van der Waals surface area contributed by atoms with Crippen LogP contribution >= 0.6 is 11.6 Å². The molecule has 0 aromatic carbocycles. The smallest absolute Gasteiger partial charge is 0.857 e. The van der Waals surface area contributed by atoms with Crippen LogP contribution in [-0.2, 0) is 34.3 Å². The van der Waals surface area contributed by atoms with Gasteiger partial charge in [0.2, 0.25) is 35.0 Å². The molecule has 0 aliphatic rings. The van der Waals surface area contributed by atoms with Crippen molar-refractivity contribution in [3.8, 4) is 0 Å². The van der Waals surface area contributed by atoms with E-state index in [0.29, 0.717) is 17.8 Å². The molecule has 3 rings (SSSR count). The Morgan fingerprint density at radius 1 is 0.681 bits per heavy atom. The van der Waals surface area contributed by atoms with Gasteiger partial charge >= 0.3 is 45.9 Å². The van der Waals surface area contributed by atoms with Crippen molar-refractivity contribution in [3.63, 3.8) is 0 Å². The number of aromatic amines is 3. The first-order chi connectivity index (χ1) is 29.0. The molecular formula is C30H81ClN25NaO11S. The van der Waals surface area contributed by atoms with Crippen molar-refractivity contribution in [2.24, 2.45) is 51.0 Å². The van der Waals surface area contributed by atoms with Crippen LogP contribution in [-0.4, -0.2) is 149 Å². The number of hydrazone groups is 1. The van der Waals surface area contributed by atoms with Crippen molar-refractivity contribution in [2.75, 3.05) is 51.1 Å². The van der Waals surface area contributed by atoms with Crippen molar-refractivity contribution < 1.29 is 81.2 Å². The molecule has 0 spiro atoms. The van der Waals surface area contributed by atoms with Crippen LogP contribution in [0.2, 0.25) is 0 Å². The summed E-state index contributed by atoms with van der Waals surface area (Å²) in [5.41, 5.74) is 55.8. The number of aliphatic carboxylic acids is 1.